The number of aliphatic hydroxyl groups excluding tert-OH is 1. The van der Waals surface area contributed by atoms with E-state index >= 15 is 0 Å². The normalized spacial score (nSPS) is 12.7. The summed E-state index contributed by atoms with van der Waals surface area (Å²) < 4.78 is 2.51. The van der Waals surface area contributed by atoms with E-state index in [0.29, 0.717) is 0 Å². The minimum absolute atomic E-state index is 0.660. The summed E-state index contributed by atoms with van der Waals surface area (Å²) in [6.07, 6.45) is 1.03. The first-order valence-corrected chi connectivity index (χ1v) is 7.49. The Balaban J connectivity index is 2.26. The minimum Gasteiger partial charge on any atom is -0.382 e. The first kappa shape index (κ1) is 13.6. The van der Waals surface area contributed by atoms with Crippen molar-refractivity contribution in [2.24, 2.45) is 7.05 Å². The molecule has 1 aromatic heterocycles. The Hall–Kier alpha value is -0.780. The first-order valence-electron chi connectivity index (χ1n) is 5.71. The van der Waals surface area contributed by atoms with Crippen LogP contribution in [0.2, 0.25) is 0 Å². The van der Waals surface area contributed by atoms with Gasteiger partial charge in [0.2, 0.25) is 0 Å². The molecule has 1 heterocycles. The van der Waals surface area contributed by atoms with Crippen molar-refractivity contribution < 1.29 is 5.11 Å². The third-order valence-electron chi connectivity index (χ3n) is 2.70. The van der Waals surface area contributed by atoms with Crippen LogP contribution in [0.3, 0.4) is 0 Å². The maximum absolute atomic E-state index is 10.4. The fourth-order valence-corrected chi connectivity index (χ4v) is 3.03. The van der Waals surface area contributed by atoms with E-state index in [1.54, 1.807) is 22.6 Å². The van der Waals surface area contributed by atoms with Crippen LogP contribution in [0.5, 0.6) is 0 Å². The first-order chi connectivity index (χ1) is 8.63. The fraction of sp³-hybridized carbons (Fsp3) is 0.308. The molecule has 0 saturated heterocycles. The Labute approximate surface area is 119 Å². The van der Waals surface area contributed by atoms with Gasteiger partial charge in [-0.15, -0.1) is 11.8 Å². The molecule has 0 fully saturated rings. The van der Waals surface area contributed by atoms with E-state index in [1.165, 1.54) is 4.90 Å². The largest absolute Gasteiger partial charge is 0.382 e. The number of hydrogen-bond donors (Lipinski definition) is 1. The number of halogens is 1. The third-order valence-corrected chi connectivity index (χ3v) is 4.21. The Morgan fingerprint density at radius 3 is 2.56 bits per heavy atom. The van der Waals surface area contributed by atoms with Crippen LogP contribution in [0.25, 0.3) is 0 Å². The lowest BCUT2D eigenvalue weighted by atomic mass is 10.1. The summed E-state index contributed by atoms with van der Waals surface area (Å²) in [4.78, 5) is 1.22. The maximum atomic E-state index is 10.4. The van der Waals surface area contributed by atoms with Crippen LogP contribution in [0.1, 0.15) is 24.3 Å². The van der Waals surface area contributed by atoms with Crippen LogP contribution in [0.15, 0.2) is 39.8 Å². The summed E-state index contributed by atoms with van der Waals surface area (Å²) in [7, 11) is 1.82. The molecule has 0 amide bonds. The molecule has 0 aliphatic rings. The molecule has 0 saturated carbocycles. The molecule has 0 radical (unpaired) electrons. The van der Waals surface area contributed by atoms with Crippen LogP contribution in [-0.4, -0.2) is 20.6 Å². The number of aryl methyl sites for hydroxylation is 1. The second-order valence-electron chi connectivity index (χ2n) is 3.91. The highest BCUT2D eigenvalue weighted by Crippen LogP contribution is 2.29. The third kappa shape index (κ3) is 2.79. The van der Waals surface area contributed by atoms with Gasteiger partial charge < -0.3 is 5.11 Å². The summed E-state index contributed by atoms with van der Waals surface area (Å²) in [6, 6.07) is 8.00. The molecule has 1 atom stereocenters. The van der Waals surface area contributed by atoms with Crippen molar-refractivity contribution in [3.05, 3.63) is 46.2 Å². The number of aromatic nitrogens is 2. The highest BCUT2D eigenvalue weighted by atomic mass is 79.9. The number of benzene rings is 1. The van der Waals surface area contributed by atoms with Crippen molar-refractivity contribution in [1.29, 1.82) is 0 Å². The minimum atomic E-state index is -0.660. The number of thioether (sulfide) groups is 1. The van der Waals surface area contributed by atoms with Gasteiger partial charge in [0.05, 0.1) is 16.4 Å². The van der Waals surface area contributed by atoms with Gasteiger partial charge in [0.1, 0.15) is 6.10 Å². The average Bonchev–Trinajstić information content (AvgIpc) is 2.70. The van der Waals surface area contributed by atoms with Crippen LogP contribution in [-0.2, 0) is 7.05 Å². The lowest BCUT2D eigenvalue weighted by molar-refractivity contribution is 0.209. The fourth-order valence-electron chi connectivity index (χ4n) is 1.80. The smallest absolute Gasteiger partial charge is 0.122 e. The molecule has 1 unspecified atom stereocenters. The molecular weight excluding hydrogens is 312 g/mol. The molecule has 96 valence electrons. The summed E-state index contributed by atoms with van der Waals surface area (Å²) in [5.74, 6) is 1.05. The Bertz CT molecular complexity index is 505. The van der Waals surface area contributed by atoms with E-state index in [-0.39, 0.29) is 0 Å². The lowest BCUT2D eigenvalue weighted by Gasteiger charge is -2.12. The molecule has 2 rings (SSSR count). The zero-order valence-electron chi connectivity index (χ0n) is 10.3. The van der Waals surface area contributed by atoms with E-state index in [2.05, 4.69) is 28.0 Å². The van der Waals surface area contributed by atoms with Crippen LogP contribution < -0.4 is 0 Å². The molecular formula is C13H15BrN2OS. The second-order valence-corrected chi connectivity index (χ2v) is 6.10. The number of nitrogens with zero attached hydrogens (tertiary/aromatic N) is 2. The van der Waals surface area contributed by atoms with Crippen LogP contribution in [0, 0.1) is 0 Å². The van der Waals surface area contributed by atoms with E-state index in [9.17, 15) is 5.11 Å². The highest BCUT2D eigenvalue weighted by molar-refractivity contribution is 9.10. The van der Waals surface area contributed by atoms with Crippen LogP contribution in [0.4, 0.5) is 0 Å². The molecule has 3 nitrogen and oxygen atoms in total. The average molecular weight is 327 g/mol. The molecule has 1 aromatic carbocycles. The van der Waals surface area contributed by atoms with Crippen molar-refractivity contribution in [2.45, 2.75) is 17.9 Å². The summed E-state index contributed by atoms with van der Waals surface area (Å²) >= 11 is 5.20. The van der Waals surface area contributed by atoms with Gasteiger partial charge >= 0.3 is 0 Å². The Morgan fingerprint density at radius 1 is 1.39 bits per heavy atom. The summed E-state index contributed by atoms with van der Waals surface area (Å²) in [5, 5.41) is 14.5. The number of hydrogen-bond acceptors (Lipinski definition) is 3. The van der Waals surface area contributed by atoms with Gasteiger partial charge in [-0.2, -0.15) is 5.10 Å². The van der Waals surface area contributed by atoms with Crippen molar-refractivity contribution in [2.75, 3.05) is 5.75 Å². The van der Waals surface area contributed by atoms with E-state index in [1.807, 2.05) is 31.3 Å². The molecule has 0 aliphatic carbocycles. The van der Waals surface area contributed by atoms with Crippen molar-refractivity contribution in [1.82, 2.24) is 9.78 Å². The lowest BCUT2D eigenvalue weighted by Crippen LogP contribution is -2.07. The van der Waals surface area contributed by atoms with Crippen molar-refractivity contribution in [3.8, 4) is 0 Å². The van der Waals surface area contributed by atoms with Gasteiger partial charge in [-0.1, -0.05) is 19.1 Å². The summed E-state index contributed by atoms with van der Waals surface area (Å²) in [5.41, 5.74) is 1.64. The van der Waals surface area contributed by atoms with Gasteiger partial charge in [0.15, 0.2) is 0 Å². The monoisotopic (exact) mass is 326 g/mol. The van der Waals surface area contributed by atoms with Gasteiger partial charge in [-0.05, 0) is 39.4 Å². The SMILES string of the molecule is CCSc1ccc(C(O)c2c(Br)cnn2C)cc1. The molecule has 0 spiro atoms. The molecule has 1 N–H and O–H groups in total. The van der Waals surface area contributed by atoms with Crippen LogP contribution >= 0.6 is 27.7 Å². The van der Waals surface area contributed by atoms with E-state index in [4.69, 9.17) is 0 Å². The molecule has 0 aliphatic heterocycles. The highest BCUT2D eigenvalue weighted by Gasteiger charge is 2.17. The molecule has 18 heavy (non-hydrogen) atoms. The number of rotatable bonds is 4. The predicted octanol–water partition coefficient (Wildman–Crippen LogP) is 3.38. The zero-order chi connectivity index (χ0) is 13.1. The molecule has 2 aromatic rings. The predicted molar refractivity (Wildman–Crippen MR) is 77.8 cm³/mol. The summed E-state index contributed by atoms with van der Waals surface area (Å²) in [6.45, 7) is 2.13. The standard InChI is InChI=1S/C13H15BrN2OS/c1-3-18-10-6-4-9(5-7-10)13(17)12-11(14)8-15-16(12)2/h4-8,13,17H,3H2,1-2H3. The van der Waals surface area contributed by atoms with Gasteiger partial charge in [-0.25, -0.2) is 0 Å². The Kier molecular flexibility index (Phi) is 4.48. The van der Waals surface area contributed by atoms with Crippen molar-refractivity contribution >= 4 is 27.7 Å². The molecule has 5 heteroatoms. The number of aliphatic hydroxyl groups is 1. The van der Waals surface area contributed by atoms with Gasteiger partial charge in [-0.3, -0.25) is 4.68 Å². The second kappa shape index (κ2) is 5.91. The quantitative estimate of drug-likeness (QED) is 0.875. The van der Waals surface area contributed by atoms with Gasteiger partial charge in [0, 0.05) is 11.9 Å². The molecule has 0 bridgehead atoms. The van der Waals surface area contributed by atoms with Gasteiger partial charge in [0.25, 0.3) is 0 Å². The van der Waals surface area contributed by atoms with E-state index < -0.39 is 6.10 Å². The topological polar surface area (TPSA) is 38.1 Å². The van der Waals surface area contributed by atoms with E-state index in [0.717, 1.165) is 21.5 Å². The zero-order valence-corrected chi connectivity index (χ0v) is 12.7. The maximum Gasteiger partial charge on any atom is 0.122 e. The Morgan fingerprint density at radius 2 is 2.06 bits per heavy atom. The van der Waals surface area contributed by atoms with Crippen molar-refractivity contribution in [3.63, 3.8) is 0 Å².